The quantitative estimate of drug-likeness (QED) is 0.557. The lowest BCUT2D eigenvalue weighted by molar-refractivity contribution is 0.0288. The third-order valence-corrected chi connectivity index (χ3v) is 7.58. The number of aliphatic hydroxyl groups is 1. The van der Waals surface area contributed by atoms with Crippen LogP contribution in [0.3, 0.4) is 0 Å². The lowest BCUT2D eigenvalue weighted by Gasteiger charge is -2.39. The first-order chi connectivity index (χ1) is 12.9. The minimum Gasteiger partial charge on any atom is -0.403 e. The first-order valence-corrected chi connectivity index (χ1v) is 10.6. The molecule has 0 amide bonds. The third kappa shape index (κ3) is 3.27. The second-order valence-corrected chi connectivity index (χ2v) is 9.21. The van der Waals surface area contributed by atoms with Crippen molar-refractivity contribution < 1.29 is 5.11 Å². The SMILES string of the molecule is Cc1c(C2CC3CC(O)(/C(=C/N)N(N)C4CCCCC4)CC3C2)ncn1C. The molecule has 6 heteroatoms. The highest BCUT2D eigenvalue weighted by atomic mass is 16.3. The molecule has 6 nitrogen and oxygen atoms in total. The lowest BCUT2D eigenvalue weighted by atomic mass is 9.88. The lowest BCUT2D eigenvalue weighted by Crippen LogP contribution is -2.49. The third-order valence-electron chi connectivity index (χ3n) is 7.58. The van der Waals surface area contributed by atoms with Crippen LogP contribution in [-0.2, 0) is 7.05 Å². The van der Waals surface area contributed by atoms with Crippen molar-refractivity contribution in [2.75, 3.05) is 0 Å². The van der Waals surface area contributed by atoms with Crippen molar-refractivity contribution in [1.29, 1.82) is 0 Å². The Morgan fingerprint density at radius 3 is 2.41 bits per heavy atom. The molecular weight excluding hydrogens is 338 g/mol. The highest BCUT2D eigenvalue weighted by Gasteiger charge is 2.52. The molecule has 1 aromatic heterocycles. The molecule has 1 heterocycles. The smallest absolute Gasteiger partial charge is 0.108 e. The van der Waals surface area contributed by atoms with E-state index in [0.717, 1.165) is 44.2 Å². The number of aryl methyl sites for hydroxylation is 1. The van der Waals surface area contributed by atoms with E-state index in [1.807, 2.05) is 6.33 Å². The van der Waals surface area contributed by atoms with E-state index < -0.39 is 5.60 Å². The second-order valence-electron chi connectivity index (χ2n) is 9.21. The molecule has 3 aliphatic carbocycles. The Balaban J connectivity index is 1.45. The Hall–Kier alpha value is -1.53. The van der Waals surface area contributed by atoms with Gasteiger partial charge in [-0.3, -0.25) is 0 Å². The number of fused-ring (bicyclic) bond motifs is 1. The van der Waals surface area contributed by atoms with E-state index in [1.54, 1.807) is 11.2 Å². The van der Waals surface area contributed by atoms with E-state index in [-0.39, 0.29) is 0 Å². The number of nitrogens with two attached hydrogens (primary N) is 2. The van der Waals surface area contributed by atoms with E-state index >= 15 is 0 Å². The number of nitrogens with zero attached hydrogens (tertiary/aromatic N) is 3. The topological polar surface area (TPSA) is 93.3 Å². The zero-order valence-corrected chi connectivity index (χ0v) is 16.8. The van der Waals surface area contributed by atoms with E-state index in [1.165, 1.54) is 30.7 Å². The molecule has 2 atom stereocenters. The number of hydrazine groups is 1. The van der Waals surface area contributed by atoms with Crippen molar-refractivity contribution >= 4 is 0 Å². The summed E-state index contributed by atoms with van der Waals surface area (Å²) in [5.74, 6) is 8.04. The summed E-state index contributed by atoms with van der Waals surface area (Å²) in [5, 5.41) is 13.3. The van der Waals surface area contributed by atoms with Crippen molar-refractivity contribution in [1.82, 2.24) is 14.6 Å². The van der Waals surface area contributed by atoms with Crippen molar-refractivity contribution in [2.45, 2.75) is 82.3 Å². The van der Waals surface area contributed by atoms with Gasteiger partial charge in [-0.05, 0) is 57.3 Å². The number of hydrogen-bond donors (Lipinski definition) is 3. The van der Waals surface area contributed by atoms with E-state index in [4.69, 9.17) is 11.6 Å². The molecule has 5 N–H and O–H groups in total. The van der Waals surface area contributed by atoms with Gasteiger partial charge in [0.05, 0.1) is 17.7 Å². The fourth-order valence-electron chi connectivity index (χ4n) is 6.04. The molecule has 0 saturated heterocycles. The summed E-state index contributed by atoms with van der Waals surface area (Å²) < 4.78 is 2.10. The second kappa shape index (κ2) is 7.13. The van der Waals surface area contributed by atoms with Crippen LogP contribution in [0.2, 0.25) is 0 Å². The van der Waals surface area contributed by atoms with Gasteiger partial charge in [0, 0.05) is 30.9 Å². The van der Waals surface area contributed by atoms with Crippen LogP contribution in [0, 0.1) is 18.8 Å². The molecule has 2 unspecified atom stereocenters. The minimum atomic E-state index is -0.875. The monoisotopic (exact) mass is 373 g/mol. The highest BCUT2D eigenvalue weighted by molar-refractivity contribution is 5.24. The summed E-state index contributed by atoms with van der Waals surface area (Å²) in [5.41, 5.74) is 8.36. The van der Waals surface area contributed by atoms with Crippen LogP contribution >= 0.6 is 0 Å². The van der Waals surface area contributed by atoms with Gasteiger partial charge in [-0.25, -0.2) is 10.8 Å². The van der Waals surface area contributed by atoms with E-state index in [0.29, 0.717) is 23.8 Å². The van der Waals surface area contributed by atoms with Crippen molar-refractivity contribution in [3.63, 3.8) is 0 Å². The minimum absolute atomic E-state index is 0.307. The molecule has 0 spiro atoms. The van der Waals surface area contributed by atoms with Crippen molar-refractivity contribution in [3.05, 3.63) is 29.6 Å². The van der Waals surface area contributed by atoms with Gasteiger partial charge in [-0.1, -0.05) is 19.3 Å². The average molecular weight is 374 g/mol. The zero-order chi connectivity index (χ0) is 19.2. The standard InChI is InChI=1S/C21H35N5O/c1-14-20(24-13-25(14)2)15-8-16-10-21(27,11-17(16)9-15)19(12-22)26(23)18-6-4-3-5-7-18/h12-13,15-18,27H,3-11,22-23H2,1-2H3/b19-12-. The molecular formula is C21H35N5O. The Morgan fingerprint density at radius 2 is 1.89 bits per heavy atom. The Bertz CT molecular complexity index is 691. The van der Waals surface area contributed by atoms with Gasteiger partial charge in [-0.15, -0.1) is 0 Å². The zero-order valence-electron chi connectivity index (χ0n) is 16.8. The molecule has 0 radical (unpaired) electrons. The fourth-order valence-corrected chi connectivity index (χ4v) is 6.04. The molecule has 27 heavy (non-hydrogen) atoms. The first-order valence-electron chi connectivity index (χ1n) is 10.6. The molecule has 4 rings (SSSR count). The van der Waals surface area contributed by atoms with Crippen molar-refractivity contribution in [3.8, 4) is 0 Å². The van der Waals surface area contributed by atoms with E-state index in [9.17, 15) is 5.11 Å². The maximum atomic E-state index is 11.5. The summed E-state index contributed by atoms with van der Waals surface area (Å²) in [4.78, 5) is 4.64. The molecule has 0 bridgehead atoms. The Morgan fingerprint density at radius 1 is 1.26 bits per heavy atom. The summed E-state index contributed by atoms with van der Waals surface area (Å²) >= 11 is 0. The van der Waals surface area contributed by atoms with Gasteiger partial charge in [0.15, 0.2) is 0 Å². The highest BCUT2D eigenvalue weighted by Crippen LogP contribution is 2.55. The maximum absolute atomic E-state index is 11.5. The normalized spacial score (nSPS) is 34.8. The first kappa shape index (κ1) is 18.8. The summed E-state index contributed by atoms with van der Waals surface area (Å²) in [6.45, 7) is 2.15. The molecule has 150 valence electrons. The number of imidazole rings is 1. The summed E-state index contributed by atoms with van der Waals surface area (Å²) in [6, 6.07) is 0.307. The van der Waals surface area contributed by atoms with Gasteiger partial charge in [-0.2, -0.15) is 0 Å². The van der Waals surface area contributed by atoms with Crippen LogP contribution in [0.5, 0.6) is 0 Å². The molecule has 3 saturated carbocycles. The summed E-state index contributed by atoms with van der Waals surface area (Å²) in [7, 11) is 2.06. The Kier molecular flexibility index (Phi) is 4.97. The van der Waals surface area contributed by atoms with Crippen LogP contribution in [0.1, 0.15) is 75.1 Å². The van der Waals surface area contributed by atoms with Gasteiger partial charge in [0.1, 0.15) is 5.60 Å². The Labute approximate surface area is 162 Å². The van der Waals surface area contributed by atoms with Crippen LogP contribution in [0.15, 0.2) is 18.2 Å². The predicted octanol–water partition coefficient (Wildman–Crippen LogP) is 2.67. The molecule has 3 fully saturated rings. The maximum Gasteiger partial charge on any atom is 0.108 e. The average Bonchev–Trinajstić information content (AvgIpc) is 3.28. The van der Waals surface area contributed by atoms with Crippen LogP contribution in [0.4, 0.5) is 0 Å². The largest absolute Gasteiger partial charge is 0.403 e. The van der Waals surface area contributed by atoms with Gasteiger partial charge >= 0.3 is 0 Å². The van der Waals surface area contributed by atoms with Crippen LogP contribution in [-0.4, -0.2) is 31.3 Å². The summed E-state index contributed by atoms with van der Waals surface area (Å²) in [6.07, 6.45) is 13.1. The number of rotatable bonds is 4. The van der Waals surface area contributed by atoms with Gasteiger partial charge in [0.2, 0.25) is 0 Å². The fraction of sp³-hybridized carbons (Fsp3) is 0.762. The van der Waals surface area contributed by atoms with Gasteiger partial charge < -0.3 is 20.4 Å². The van der Waals surface area contributed by atoms with E-state index in [2.05, 4.69) is 23.5 Å². The van der Waals surface area contributed by atoms with Crippen LogP contribution < -0.4 is 11.6 Å². The van der Waals surface area contributed by atoms with Gasteiger partial charge in [0.25, 0.3) is 0 Å². The molecule has 0 aromatic carbocycles. The molecule has 1 aromatic rings. The molecule has 3 aliphatic rings. The van der Waals surface area contributed by atoms with Crippen LogP contribution in [0.25, 0.3) is 0 Å². The van der Waals surface area contributed by atoms with Crippen molar-refractivity contribution in [2.24, 2.45) is 30.5 Å². The predicted molar refractivity (Wildman–Crippen MR) is 106 cm³/mol. The molecule has 0 aliphatic heterocycles. The number of aromatic nitrogens is 2. The number of hydrogen-bond acceptors (Lipinski definition) is 5.